The number of hydrogen-bond donors (Lipinski definition) is 1. The molecule has 0 aromatic carbocycles. The van der Waals surface area contributed by atoms with E-state index in [-0.39, 0.29) is 18.1 Å². The molecule has 0 aliphatic carbocycles. The molecule has 3 heteroatoms. The molecule has 1 fully saturated rings. The summed E-state index contributed by atoms with van der Waals surface area (Å²) >= 11 is 0. The summed E-state index contributed by atoms with van der Waals surface area (Å²) in [6.45, 7) is 12.8. The Kier molecular flexibility index (Phi) is 4.36. The predicted octanol–water partition coefficient (Wildman–Crippen LogP) is 2.22. The Morgan fingerprint density at radius 2 is 1.81 bits per heavy atom. The highest BCUT2D eigenvalue weighted by Crippen LogP contribution is 2.24. The maximum atomic E-state index is 12.3. The highest BCUT2D eigenvalue weighted by Gasteiger charge is 2.41. The lowest BCUT2D eigenvalue weighted by molar-refractivity contribution is -0.133. The van der Waals surface area contributed by atoms with Crippen molar-refractivity contribution in [2.24, 2.45) is 11.8 Å². The molecule has 1 N–H and O–H groups in total. The van der Waals surface area contributed by atoms with Gasteiger partial charge in [0, 0.05) is 6.04 Å². The van der Waals surface area contributed by atoms with Crippen LogP contribution in [0.5, 0.6) is 0 Å². The number of amides is 1. The van der Waals surface area contributed by atoms with E-state index in [9.17, 15) is 4.79 Å². The monoisotopic (exact) mass is 226 g/mol. The minimum absolute atomic E-state index is 0.00569. The molecule has 0 spiro atoms. The Balaban J connectivity index is 2.85. The second-order valence-corrected chi connectivity index (χ2v) is 5.54. The maximum absolute atomic E-state index is 12.3. The summed E-state index contributed by atoms with van der Waals surface area (Å²) in [6.07, 6.45) is 1.20. The number of hydrogen-bond acceptors (Lipinski definition) is 2. The van der Waals surface area contributed by atoms with Gasteiger partial charge >= 0.3 is 0 Å². The second-order valence-electron chi connectivity index (χ2n) is 5.54. The molecular formula is C13H26N2O. The van der Waals surface area contributed by atoms with Gasteiger partial charge < -0.3 is 4.90 Å². The molecule has 0 aromatic heterocycles. The molecule has 3 atom stereocenters. The van der Waals surface area contributed by atoms with E-state index in [0.717, 1.165) is 6.42 Å². The Morgan fingerprint density at radius 1 is 1.25 bits per heavy atom. The van der Waals surface area contributed by atoms with Gasteiger partial charge in [-0.2, -0.15) is 0 Å². The van der Waals surface area contributed by atoms with Gasteiger partial charge in [0.15, 0.2) is 0 Å². The van der Waals surface area contributed by atoms with Gasteiger partial charge in [0.1, 0.15) is 0 Å². The number of nitrogens with zero attached hydrogens (tertiary/aromatic N) is 1. The third-order valence-electron chi connectivity index (χ3n) is 3.69. The van der Waals surface area contributed by atoms with Crippen molar-refractivity contribution >= 4 is 5.91 Å². The third-order valence-corrected chi connectivity index (χ3v) is 3.69. The largest absolute Gasteiger partial charge is 0.323 e. The van der Waals surface area contributed by atoms with Crippen LogP contribution >= 0.6 is 0 Å². The Morgan fingerprint density at radius 3 is 2.19 bits per heavy atom. The first-order valence-electron chi connectivity index (χ1n) is 6.48. The van der Waals surface area contributed by atoms with Crippen molar-refractivity contribution in [3.8, 4) is 0 Å². The molecule has 1 amide bonds. The van der Waals surface area contributed by atoms with Crippen molar-refractivity contribution in [2.45, 2.75) is 66.2 Å². The van der Waals surface area contributed by atoms with Gasteiger partial charge in [-0.1, -0.05) is 34.6 Å². The van der Waals surface area contributed by atoms with E-state index >= 15 is 0 Å². The first-order chi connectivity index (χ1) is 7.40. The van der Waals surface area contributed by atoms with Gasteiger partial charge in [0.2, 0.25) is 5.91 Å². The van der Waals surface area contributed by atoms with E-state index in [1.54, 1.807) is 0 Å². The molecule has 0 bridgehead atoms. The van der Waals surface area contributed by atoms with Crippen LogP contribution in [-0.2, 0) is 4.79 Å². The van der Waals surface area contributed by atoms with E-state index in [1.165, 1.54) is 0 Å². The maximum Gasteiger partial charge on any atom is 0.241 e. The summed E-state index contributed by atoms with van der Waals surface area (Å²) in [5.74, 6) is 1.15. The average molecular weight is 226 g/mol. The molecule has 0 saturated carbocycles. The van der Waals surface area contributed by atoms with E-state index in [2.05, 4.69) is 51.8 Å². The highest BCUT2D eigenvalue weighted by molar-refractivity contribution is 5.84. The average Bonchev–Trinajstić information content (AvgIpc) is 2.54. The standard InChI is InChI=1S/C13H26N2O/c1-7-11-14-12(9(4)5)13(16)15(11)10(6)8(2)3/h8-12,14H,7H2,1-6H3. The molecular weight excluding hydrogens is 200 g/mol. The molecule has 94 valence electrons. The van der Waals surface area contributed by atoms with E-state index in [0.29, 0.717) is 17.9 Å². The number of carbonyl (C=O) groups is 1. The van der Waals surface area contributed by atoms with Crippen LogP contribution in [0.15, 0.2) is 0 Å². The molecule has 1 saturated heterocycles. The van der Waals surface area contributed by atoms with E-state index in [1.807, 2.05) is 0 Å². The summed E-state index contributed by atoms with van der Waals surface area (Å²) in [5, 5.41) is 3.45. The summed E-state index contributed by atoms with van der Waals surface area (Å²) < 4.78 is 0. The van der Waals surface area contributed by atoms with E-state index in [4.69, 9.17) is 0 Å². The zero-order valence-corrected chi connectivity index (χ0v) is 11.4. The summed E-state index contributed by atoms with van der Waals surface area (Å²) in [5.41, 5.74) is 0. The first-order valence-corrected chi connectivity index (χ1v) is 6.48. The van der Waals surface area contributed by atoms with E-state index < -0.39 is 0 Å². The molecule has 0 radical (unpaired) electrons. The fraction of sp³-hybridized carbons (Fsp3) is 0.923. The molecule has 1 aliphatic heterocycles. The lowest BCUT2D eigenvalue weighted by atomic mass is 10.0. The Hall–Kier alpha value is -0.570. The number of carbonyl (C=O) groups excluding carboxylic acids is 1. The lowest BCUT2D eigenvalue weighted by Gasteiger charge is -2.32. The van der Waals surface area contributed by atoms with Crippen LogP contribution in [-0.4, -0.2) is 29.1 Å². The minimum atomic E-state index is 0.00569. The van der Waals surface area contributed by atoms with Crippen molar-refractivity contribution in [1.82, 2.24) is 10.2 Å². The minimum Gasteiger partial charge on any atom is -0.323 e. The van der Waals surface area contributed by atoms with Crippen LogP contribution in [0.1, 0.15) is 48.0 Å². The topological polar surface area (TPSA) is 32.3 Å². The van der Waals surface area contributed by atoms with Gasteiger partial charge in [-0.25, -0.2) is 0 Å². The Labute approximate surface area is 99.6 Å². The fourth-order valence-corrected chi connectivity index (χ4v) is 2.27. The van der Waals surface area contributed by atoms with Crippen LogP contribution in [0.25, 0.3) is 0 Å². The van der Waals surface area contributed by atoms with Crippen molar-refractivity contribution in [3.63, 3.8) is 0 Å². The fourth-order valence-electron chi connectivity index (χ4n) is 2.27. The van der Waals surface area contributed by atoms with Crippen LogP contribution in [0.2, 0.25) is 0 Å². The molecule has 0 aromatic rings. The molecule has 1 rings (SSSR count). The second kappa shape index (κ2) is 5.17. The molecule has 1 aliphatic rings. The third kappa shape index (κ3) is 2.40. The zero-order chi connectivity index (χ0) is 12.5. The smallest absolute Gasteiger partial charge is 0.241 e. The Bertz CT molecular complexity index is 250. The quantitative estimate of drug-likeness (QED) is 0.797. The van der Waals surface area contributed by atoms with Crippen molar-refractivity contribution < 1.29 is 4.79 Å². The SMILES string of the molecule is CCC1NC(C(C)C)C(=O)N1C(C)C(C)C. The number of rotatable bonds is 4. The van der Waals surface area contributed by atoms with Gasteiger partial charge in [0.25, 0.3) is 0 Å². The van der Waals surface area contributed by atoms with Crippen LogP contribution in [0.3, 0.4) is 0 Å². The molecule has 3 unspecified atom stereocenters. The van der Waals surface area contributed by atoms with Crippen LogP contribution < -0.4 is 5.32 Å². The molecule has 1 heterocycles. The van der Waals surface area contributed by atoms with Crippen molar-refractivity contribution in [1.29, 1.82) is 0 Å². The lowest BCUT2D eigenvalue weighted by Crippen LogP contribution is -2.45. The van der Waals surface area contributed by atoms with Crippen LogP contribution in [0, 0.1) is 11.8 Å². The van der Waals surface area contributed by atoms with Crippen molar-refractivity contribution in [3.05, 3.63) is 0 Å². The summed E-state index contributed by atoms with van der Waals surface area (Å²) in [6, 6.07) is 0.319. The summed E-state index contributed by atoms with van der Waals surface area (Å²) in [7, 11) is 0. The van der Waals surface area contributed by atoms with Crippen LogP contribution in [0.4, 0.5) is 0 Å². The first kappa shape index (κ1) is 13.5. The van der Waals surface area contributed by atoms with Gasteiger partial charge in [-0.05, 0) is 25.2 Å². The zero-order valence-electron chi connectivity index (χ0n) is 11.4. The van der Waals surface area contributed by atoms with Gasteiger partial charge in [0.05, 0.1) is 12.2 Å². The predicted molar refractivity (Wildman–Crippen MR) is 67.0 cm³/mol. The summed E-state index contributed by atoms with van der Waals surface area (Å²) in [4.78, 5) is 14.4. The van der Waals surface area contributed by atoms with Crippen molar-refractivity contribution in [2.75, 3.05) is 0 Å². The molecule has 3 nitrogen and oxygen atoms in total. The highest BCUT2D eigenvalue weighted by atomic mass is 16.2. The normalized spacial score (nSPS) is 28.2. The molecule has 16 heavy (non-hydrogen) atoms. The van der Waals surface area contributed by atoms with Gasteiger partial charge in [-0.3, -0.25) is 10.1 Å². The van der Waals surface area contributed by atoms with Gasteiger partial charge in [-0.15, -0.1) is 0 Å². The number of nitrogens with one attached hydrogen (secondary N) is 1.